The van der Waals surface area contributed by atoms with Crippen LogP contribution in [0.5, 0.6) is 5.75 Å². The van der Waals surface area contributed by atoms with Gasteiger partial charge in [0.05, 0.1) is 0 Å². The van der Waals surface area contributed by atoms with Crippen molar-refractivity contribution in [2.45, 2.75) is 20.4 Å². The first-order chi connectivity index (χ1) is 7.00. The molecule has 82 valence electrons. The summed E-state index contributed by atoms with van der Waals surface area (Å²) < 4.78 is 0.940. The van der Waals surface area contributed by atoms with Crippen molar-refractivity contribution in [1.29, 1.82) is 0 Å². The van der Waals surface area contributed by atoms with Gasteiger partial charge in [-0.2, -0.15) is 0 Å². The van der Waals surface area contributed by atoms with E-state index in [1.54, 1.807) is 0 Å². The molecule has 0 atom stereocenters. The smallest absolute Gasteiger partial charge is 0.121 e. The molecule has 0 unspecified atom stereocenters. The van der Waals surface area contributed by atoms with Crippen LogP contribution in [-0.2, 0) is 6.54 Å². The van der Waals surface area contributed by atoms with Gasteiger partial charge in [0.1, 0.15) is 5.75 Å². The molecule has 0 amide bonds. The summed E-state index contributed by atoms with van der Waals surface area (Å²) >= 11 is 3.29. The minimum atomic E-state index is 0.392. The SMILES string of the molecule is C=C(Br)CNCc1cc(C)c(O)c(C)c1. The Hall–Kier alpha value is -0.800. The molecule has 0 aliphatic rings. The van der Waals surface area contributed by atoms with Crippen LogP contribution in [0.25, 0.3) is 0 Å². The van der Waals surface area contributed by atoms with E-state index in [0.29, 0.717) is 5.75 Å². The largest absolute Gasteiger partial charge is 0.507 e. The fraction of sp³-hybridized carbons (Fsp3) is 0.333. The third-order valence-electron chi connectivity index (χ3n) is 2.20. The lowest BCUT2D eigenvalue weighted by Gasteiger charge is -2.08. The number of phenolic OH excluding ortho intramolecular Hbond substituents is 1. The van der Waals surface area contributed by atoms with Gasteiger partial charge in [-0.25, -0.2) is 0 Å². The minimum absolute atomic E-state index is 0.392. The van der Waals surface area contributed by atoms with Crippen molar-refractivity contribution in [2.75, 3.05) is 6.54 Å². The van der Waals surface area contributed by atoms with Gasteiger partial charge in [0, 0.05) is 17.6 Å². The number of hydrogen-bond donors (Lipinski definition) is 2. The number of rotatable bonds is 4. The summed E-state index contributed by atoms with van der Waals surface area (Å²) in [5.74, 6) is 0.392. The third kappa shape index (κ3) is 3.68. The zero-order valence-electron chi connectivity index (χ0n) is 9.10. The fourth-order valence-electron chi connectivity index (χ4n) is 1.49. The first-order valence-corrected chi connectivity index (χ1v) is 5.63. The second-order valence-corrected chi connectivity index (χ2v) is 4.82. The van der Waals surface area contributed by atoms with Crippen molar-refractivity contribution < 1.29 is 5.11 Å². The highest BCUT2D eigenvalue weighted by atomic mass is 79.9. The number of phenols is 1. The van der Waals surface area contributed by atoms with Gasteiger partial charge < -0.3 is 10.4 Å². The number of halogens is 1. The molecule has 1 aromatic rings. The van der Waals surface area contributed by atoms with E-state index in [4.69, 9.17) is 0 Å². The lowest BCUT2D eigenvalue weighted by atomic mass is 10.1. The fourth-order valence-corrected chi connectivity index (χ4v) is 1.69. The molecule has 15 heavy (non-hydrogen) atoms. The first-order valence-electron chi connectivity index (χ1n) is 4.84. The number of hydrogen-bond acceptors (Lipinski definition) is 2. The monoisotopic (exact) mass is 269 g/mol. The van der Waals surface area contributed by atoms with Crippen LogP contribution in [0, 0.1) is 13.8 Å². The van der Waals surface area contributed by atoms with Gasteiger partial charge >= 0.3 is 0 Å². The topological polar surface area (TPSA) is 32.3 Å². The van der Waals surface area contributed by atoms with Crippen molar-refractivity contribution >= 4 is 15.9 Å². The van der Waals surface area contributed by atoms with E-state index in [2.05, 4.69) is 27.8 Å². The zero-order valence-corrected chi connectivity index (χ0v) is 10.7. The summed E-state index contributed by atoms with van der Waals surface area (Å²) in [6.45, 7) is 9.11. The van der Waals surface area contributed by atoms with Crippen LogP contribution >= 0.6 is 15.9 Å². The molecule has 1 aromatic carbocycles. The maximum atomic E-state index is 9.60. The Kier molecular flexibility index (Phi) is 4.36. The molecule has 0 radical (unpaired) electrons. The van der Waals surface area contributed by atoms with E-state index in [9.17, 15) is 5.11 Å². The molecular formula is C12H16BrNO. The van der Waals surface area contributed by atoms with Gasteiger partial charge in [0.2, 0.25) is 0 Å². The van der Waals surface area contributed by atoms with Gasteiger partial charge in [0.15, 0.2) is 0 Å². The highest BCUT2D eigenvalue weighted by Gasteiger charge is 2.02. The Bertz CT molecular complexity index is 351. The molecule has 2 nitrogen and oxygen atoms in total. The summed E-state index contributed by atoms with van der Waals surface area (Å²) in [5.41, 5.74) is 3.02. The molecule has 0 aromatic heterocycles. The number of aryl methyl sites for hydroxylation is 2. The summed E-state index contributed by atoms with van der Waals surface area (Å²) in [7, 11) is 0. The third-order valence-corrected chi connectivity index (χ3v) is 2.48. The van der Waals surface area contributed by atoms with Gasteiger partial charge in [-0.3, -0.25) is 0 Å². The van der Waals surface area contributed by atoms with Crippen LogP contribution in [0.2, 0.25) is 0 Å². The maximum absolute atomic E-state index is 9.60. The summed E-state index contributed by atoms with van der Waals surface area (Å²) in [4.78, 5) is 0. The Morgan fingerprint density at radius 3 is 2.40 bits per heavy atom. The average molecular weight is 270 g/mol. The molecule has 2 N–H and O–H groups in total. The summed E-state index contributed by atoms with van der Waals surface area (Å²) in [5, 5.41) is 12.8. The van der Waals surface area contributed by atoms with Gasteiger partial charge in [-0.15, -0.1) is 0 Å². The molecular weight excluding hydrogens is 254 g/mol. The molecule has 0 bridgehead atoms. The van der Waals surface area contributed by atoms with E-state index in [0.717, 1.165) is 28.7 Å². The zero-order chi connectivity index (χ0) is 11.4. The lowest BCUT2D eigenvalue weighted by Crippen LogP contribution is -2.14. The molecule has 1 rings (SSSR count). The van der Waals surface area contributed by atoms with Crippen molar-refractivity contribution in [3.8, 4) is 5.75 Å². The van der Waals surface area contributed by atoms with Crippen LogP contribution in [0.3, 0.4) is 0 Å². The lowest BCUT2D eigenvalue weighted by molar-refractivity contribution is 0.466. The van der Waals surface area contributed by atoms with Crippen molar-refractivity contribution in [2.24, 2.45) is 0 Å². The van der Waals surface area contributed by atoms with Crippen LogP contribution < -0.4 is 5.32 Å². The number of aromatic hydroxyl groups is 1. The second-order valence-electron chi connectivity index (χ2n) is 3.70. The normalized spacial score (nSPS) is 10.3. The van der Waals surface area contributed by atoms with Crippen LogP contribution in [0.15, 0.2) is 23.2 Å². The highest BCUT2D eigenvalue weighted by Crippen LogP contribution is 2.22. The predicted octanol–water partition coefficient (Wildman–Crippen LogP) is 3.01. The number of benzene rings is 1. The standard InChI is InChI=1S/C12H16BrNO/c1-8-4-11(5-9(2)12(8)15)7-14-6-10(3)13/h4-5,14-15H,3,6-7H2,1-2H3. The van der Waals surface area contributed by atoms with Gasteiger partial charge in [0.25, 0.3) is 0 Å². The quantitative estimate of drug-likeness (QED) is 0.881. The van der Waals surface area contributed by atoms with Crippen LogP contribution in [-0.4, -0.2) is 11.7 Å². The summed E-state index contributed by atoms with van der Waals surface area (Å²) in [6, 6.07) is 3.98. The van der Waals surface area contributed by atoms with Crippen molar-refractivity contribution in [1.82, 2.24) is 5.32 Å². The molecule has 0 saturated heterocycles. The predicted molar refractivity (Wildman–Crippen MR) is 67.4 cm³/mol. The molecule has 3 heteroatoms. The summed E-state index contributed by atoms with van der Waals surface area (Å²) in [6.07, 6.45) is 0. The molecule has 0 aliphatic heterocycles. The Balaban J connectivity index is 2.66. The van der Waals surface area contributed by atoms with Gasteiger partial charge in [-0.05, 0) is 30.5 Å². The molecule has 0 heterocycles. The van der Waals surface area contributed by atoms with E-state index in [-0.39, 0.29) is 0 Å². The minimum Gasteiger partial charge on any atom is -0.507 e. The van der Waals surface area contributed by atoms with Crippen LogP contribution in [0.4, 0.5) is 0 Å². The average Bonchev–Trinajstić information content (AvgIpc) is 2.13. The second kappa shape index (κ2) is 5.33. The van der Waals surface area contributed by atoms with Crippen molar-refractivity contribution in [3.05, 3.63) is 39.9 Å². The maximum Gasteiger partial charge on any atom is 0.121 e. The Morgan fingerprint density at radius 2 is 1.93 bits per heavy atom. The molecule has 0 aliphatic carbocycles. The van der Waals surface area contributed by atoms with E-state index >= 15 is 0 Å². The highest BCUT2D eigenvalue weighted by molar-refractivity contribution is 9.11. The Labute approximate surface area is 99.1 Å². The Morgan fingerprint density at radius 1 is 1.40 bits per heavy atom. The van der Waals surface area contributed by atoms with E-state index in [1.807, 2.05) is 26.0 Å². The molecule has 0 spiro atoms. The van der Waals surface area contributed by atoms with E-state index in [1.165, 1.54) is 5.56 Å². The van der Waals surface area contributed by atoms with Crippen molar-refractivity contribution in [3.63, 3.8) is 0 Å². The number of nitrogens with one attached hydrogen (secondary N) is 1. The molecule has 0 saturated carbocycles. The van der Waals surface area contributed by atoms with Crippen LogP contribution in [0.1, 0.15) is 16.7 Å². The van der Waals surface area contributed by atoms with Gasteiger partial charge in [-0.1, -0.05) is 34.6 Å². The first kappa shape index (κ1) is 12.3. The molecule has 0 fully saturated rings. The van der Waals surface area contributed by atoms with E-state index < -0.39 is 0 Å².